The molecule has 1 N–H and O–H groups in total. The van der Waals surface area contributed by atoms with Crippen LogP contribution in [-0.2, 0) is 11.2 Å². The fraction of sp³-hybridized carbons (Fsp3) is 0.235. The van der Waals surface area contributed by atoms with E-state index in [0.29, 0.717) is 21.4 Å². The van der Waals surface area contributed by atoms with Crippen molar-refractivity contribution in [2.24, 2.45) is 0 Å². The van der Waals surface area contributed by atoms with E-state index in [1.807, 2.05) is 32.0 Å². The minimum absolute atomic E-state index is 0.141. The van der Waals surface area contributed by atoms with Gasteiger partial charge in [-0.05, 0) is 48.7 Å². The zero-order valence-corrected chi connectivity index (χ0v) is 13.8. The molecule has 0 saturated carbocycles. The smallest absolute Gasteiger partial charge is 0.345 e. The molecule has 22 heavy (non-hydrogen) atoms. The number of aliphatic carboxylic acids is 1. The molecule has 0 radical (unpaired) electrons. The maximum atomic E-state index is 11.5. The standard InChI is InChI=1S/C17H16Cl2O3/c1-10-6-11(2)8-13(7-10)22-15(17(20)21)9-12-4-3-5-14(18)16(12)19/h3-8,15H,9H2,1-2H3,(H,20,21). The summed E-state index contributed by atoms with van der Waals surface area (Å²) in [6.45, 7) is 3.87. The van der Waals surface area contributed by atoms with Crippen molar-refractivity contribution in [2.45, 2.75) is 26.4 Å². The maximum absolute atomic E-state index is 11.5. The topological polar surface area (TPSA) is 46.5 Å². The minimum atomic E-state index is -1.05. The number of benzene rings is 2. The summed E-state index contributed by atoms with van der Waals surface area (Å²) in [6.07, 6.45) is -0.890. The second-order valence-corrected chi connectivity index (χ2v) is 5.97. The molecule has 0 heterocycles. The molecule has 0 saturated heterocycles. The normalized spacial score (nSPS) is 12.0. The van der Waals surface area contributed by atoms with Crippen molar-refractivity contribution in [1.82, 2.24) is 0 Å². The SMILES string of the molecule is Cc1cc(C)cc(OC(Cc2cccc(Cl)c2Cl)C(=O)O)c1. The molecule has 1 atom stereocenters. The average Bonchev–Trinajstić information content (AvgIpc) is 2.41. The van der Waals surface area contributed by atoms with Gasteiger partial charge in [-0.2, -0.15) is 0 Å². The highest BCUT2D eigenvalue weighted by molar-refractivity contribution is 6.42. The Bertz CT molecular complexity index is 678. The number of carboxylic acids is 1. The molecular weight excluding hydrogens is 323 g/mol. The van der Waals surface area contributed by atoms with E-state index < -0.39 is 12.1 Å². The summed E-state index contributed by atoms with van der Waals surface area (Å²) in [7, 11) is 0. The molecule has 116 valence electrons. The van der Waals surface area contributed by atoms with Gasteiger partial charge in [-0.15, -0.1) is 0 Å². The number of aryl methyl sites for hydroxylation is 2. The Labute approximate surface area is 139 Å². The van der Waals surface area contributed by atoms with Crippen LogP contribution in [0, 0.1) is 13.8 Å². The number of halogens is 2. The Balaban J connectivity index is 2.23. The van der Waals surface area contributed by atoms with Gasteiger partial charge < -0.3 is 9.84 Å². The summed E-state index contributed by atoms with van der Waals surface area (Å²) in [5, 5.41) is 10.2. The molecule has 1 unspecified atom stereocenters. The van der Waals surface area contributed by atoms with E-state index in [1.54, 1.807) is 18.2 Å². The first-order chi connectivity index (χ1) is 10.4. The molecule has 2 aromatic rings. The van der Waals surface area contributed by atoms with E-state index in [2.05, 4.69) is 0 Å². The molecule has 0 fully saturated rings. The van der Waals surface area contributed by atoms with Gasteiger partial charge in [-0.3, -0.25) is 0 Å². The van der Waals surface area contributed by atoms with Crippen LogP contribution >= 0.6 is 23.2 Å². The van der Waals surface area contributed by atoms with Crippen LogP contribution in [0.1, 0.15) is 16.7 Å². The average molecular weight is 339 g/mol. The van der Waals surface area contributed by atoms with Gasteiger partial charge in [0.1, 0.15) is 5.75 Å². The second-order valence-electron chi connectivity index (χ2n) is 5.19. The lowest BCUT2D eigenvalue weighted by atomic mass is 10.1. The van der Waals surface area contributed by atoms with Crippen molar-refractivity contribution in [3.8, 4) is 5.75 Å². The molecule has 2 rings (SSSR count). The molecule has 0 aromatic heterocycles. The predicted molar refractivity (Wildman–Crippen MR) is 88.1 cm³/mol. The fourth-order valence-electron chi connectivity index (χ4n) is 2.25. The first-order valence-electron chi connectivity index (χ1n) is 6.77. The third-order valence-electron chi connectivity index (χ3n) is 3.19. The van der Waals surface area contributed by atoms with E-state index in [-0.39, 0.29) is 6.42 Å². The first kappa shape index (κ1) is 16.7. The van der Waals surface area contributed by atoms with Crippen molar-refractivity contribution in [3.05, 3.63) is 63.1 Å². The Hall–Kier alpha value is -1.71. The van der Waals surface area contributed by atoms with Gasteiger partial charge in [0, 0.05) is 6.42 Å². The third kappa shape index (κ3) is 4.15. The summed E-state index contributed by atoms with van der Waals surface area (Å²) in [5.41, 5.74) is 2.67. The summed E-state index contributed by atoms with van der Waals surface area (Å²) >= 11 is 12.1. The van der Waals surface area contributed by atoms with E-state index in [0.717, 1.165) is 11.1 Å². The molecule has 0 aliphatic rings. The highest BCUT2D eigenvalue weighted by atomic mass is 35.5. The highest BCUT2D eigenvalue weighted by Crippen LogP contribution is 2.27. The van der Waals surface area contributed by atoms with Gasteiger partial charge in [0.2, 0.25) is 0 Å². The van der Waals surface area contributed by atoms with Crippen LogP contribution in [0.2, 0.25) is 10.0 Å². The van der Waals surface area contributed by atoms with Crippen molar-refractivity contribution in [1.29, 1.82) is 0 Å². The van der Waals surface area contributed by atoms with E-state index in [4.69, 9.17) is 27.9 Å². The molecule has 0 bridgehead atoms. The van der Waals surface area contributed by atoms with E-state index in [1.165, 1.54) is 0 Å². The lowest BCUT2D eigenvalue weighted by molar-refractivity contribution is -0.145. The Morgan fingerprint density at radius 3 is 2.41 bits per heavy atom. The molecular formula is C17H16Cl2O3. The van der Waals surface area contributed by atoms with E-state index in [9.17, 15) is 9.90 Å². The Morgan fingerprint density at radius 1 is 1.18 bits per heavy atom. The van der Waals surface area contributed by atoms with Crippen molar-refractivity contribution >= 4 is 29.2 Å². The summed E-state index contributed by atoms with van der Waals surface area (Å²) in [6, 6.07) is 10.8. The van der Waals surface area contributed by atoms with Crippen molar-refractivity contribution in [3.63, 3.8) is 0 Å². The zero-order chi connectivity index (χ0) is 16.3. The number of rotatable bonds is 5. The van der Waals surface area contributed by atoms with E-state index >= 15 is 0 Å². The van der Waals surface area contributed by atoms with Gasteiger partial charge >= 0.3 is 5.97 Å². The van der Waals surface area contributed by atoms with Crippen molar-refractivity contribution in [2.75, 3.05) is 0 Å². The molecule has 0 spiro atoms. The quantitative estimate of drug-likeness (QED) is 0.860. The Morgan fingerprint density at radius 2 is 1.82 bits per heavy atom. The summed E-state index contributed by atoms with van der Waals surface area (Å²) < 4.78 is 5.64. The lowest BCUT2D eigenvalue weighted by Gasteiger charge is -2.17. The number of carboxylic acid groups (broad SMARTS) is 1. The molecule has 2 aromatic carbocycles. The molecule has 0 amide bonds. The van der Waals surface area contributed by atoms with Crippen LogP contribution in [0.5, 0.6) is 5.75 Å². The fourth-order valence-corrected chi connectivity index (χ4v) is 2.65. The first-order valence-corrected chi connectivity index (χ1v) is 7.53. The zero-order valence-electron chi connectivity index (χ0n) is 12.3. The van der Waals surface area contributed by atoms with Gasteiger partial charge in [0.05, 0.1) is 10.0 Å². The summed E-state index contributed by atoms with van der Waals surface area (Å²) in [4.78, 5) is 11.5. The second kappa shape index (κ2) is 7.03. The molecule has 0 aliphatic carbocycles. The number of hydrogen-bond acceptors (Lipinski definition) is 2. The predicted octanol–water partition coefficient (Wildman–Crippen LogP) is 4.68. The van der Waals surface area contributed by atoms with Crippen LogP contribution in [0.3, 0.4) is 0 Å². The Kier molecular flexibility index (Phi) is 5.33. The van der Waals surface area contributed by atoms with Gasteiger partial charge in [0.25, 0.3) is 0 Å². The molecule has 5 heteroatoms. The number of ether oxygens (including phenoxy) is 1. The van der Waals surface area contributed by atoms with Crippen LogP contribution < -0.4 is 4.74 Å². The number of carbonyl (C=O) groups is 1. The summed E-state index contributed by atoms with van der Waals surface area (Å²) in [5.74, 6) is -0.516. The van der Waals surface area contributed by atoms with Gasteiger partial charge in [0.15, 0.2) is 6.10 Å². The molecule has 3 nitrogen and oxygen atoms in total. The maximum Gasteiger partial charge on any atom is 0.345 e. The minimum Gasteiger partial charge on any atom is -0.478 e. The van der Waals surface area contributed by atoms with Crippen molar-refractivity contribution < 1.29 is 14.6 Å². The monoisotopic (exact) mass is 338 g/mol. The lowest BCUT2D eigenvalue weighted by Crippen LogP contribution is -2.29. The van der Waals surface area contributed by atoms with Gasteiger partial charge in [-0.25, -0.2) is 4.79 Å². The largest absolute Gasteiger partial charge is 0.478 e. The molecule has 0 aliphatic heterocycles. The third-order valence-corrected chi connectivity index (χ3v) is 4.04. The van der Waals surface area contributed by atoms with Crippen LogP contribution in [0.4, 0.5) is 0 Å². The van der Waals surface area contributed by atoms with Crippen LogP contribution in [-0.4, -0.2) is 17.2 Å². The number of hydrogen-bond donors (Lipinski definition) is 1. The van der Waals surface area contributed by atoms with Crippen LogP contribution in [0.25, 0.3) is 0 Å². The van der Waals surface area contributed by atoms with Gasteiger partial charge in [-0.1, -0.05) is 41.4 Å². The van der Waals surface area contributed by atoms with Crippen LogP contribution in [0.15, 0.2) is 36.4 Å². The highest BCUT2D eigenvalue weighted by Gasteiger charge is 2.22.